The molecule has 2 aliphatic heterocycles. The van der Waals surface area contributed by atoms with Gasteiger partial charge in [-0.3, -0.25) is 9.59 Å². The summed E-state index contributed by atoms with van der Waals surface area (Å²) in [6.07, 6.45) is 2.27. The van der Waals surface area contributed by atoms with Gasteiger partial charge in [0.1, 0.15) is 11.5 Å². The maximum absolute atomic E-state index is 13.2. The van der Waals surface area contributed by atoms with E-state index in [0.29, 0.717) is 41.5 Å². The van der Waals surface area contributed by atoms with Gasteiger partial charge in [0.2, 0.25) is 0 Å². The molecular weight excluding hydrogens is 436 g/mol. The van der Waals surface area contributed by atoms with Crippen molar-refractivity contribution in [3.8, 4) is 17.2 Å². The number of methoxy groups -OCH3 is 3. The molecule has 0 aliphatic carbocycles. The van der Waals surface area contributed by atoms with Crippen LogP contribution in [-0.4, -0.2) is 74.1 Å². The average Bonchev–Trinajstić information content (AvgIpc) is 3.48. The first-order valence-electron chi connectivity index (χ1n) is 11.4. The number of benzene rings is 2. The number of likely N-dealkylation sites (tertiary alicyclic amines) is 2. The minimum Gasteiger partial charge on any atom is -0.507 e. The van der Waals surface area contributed by atoms with Crippen LogP contribution in [0.2, 0.25) is 0 Å². The Morgan fingerprint density at radius 1 is 0.912 bits per heavy atom. The standard InChI is InChI=1S/C26H30N2O6/c1-32-19-9-6-17(7-10-19)24(29)22-23(18-8-11-20(33-2)21(16-18)34-3)28(26(31)25(22)30)15-14-27-12-4-5-13-27/h6-11,16,23,29H,4-5,12-15H2,1-3H3/b24-22+. The molecule has 34 heavy (non-hydrogen) atoms. The van der Waals surface area contributed by atoms with E-state index in [0.717, 1.165) is 25.9 Å². The van der Waals surface area contributed by atoms with E-state index in [2.05, 4.69) is 4.90 Å². The third-order valence-electron chi connectivity index (χ3n) is 6.48. The van der Waals surface area contributed by atoms with E-state index >= 15 is 0 Å². The second-order valence-corrected chi connectivity index (χ2v) is 8.38. The van der Waals surface area contributed by atoms with E-state index in [4.69, 9.17) is 14.2 Å². The summed E-state index contributed by atoms with van der Waals surface area (Å²) in [5.41, 5.74) is 1.15. The second-order valence-electron chi connectivity index (χ2n) is 8.38. The van der Waals surface area contributed by atoms with Gasteiger partial charge in [0.15, 0.2) is 11.5 Å². The zero-order chi connectivity index (χ0) is 24.2. The molecule has 0 radical (unpaired) electrons. The van der Waals surface area contributed by atoms with Crippen molar-refractivity contribution in [3.63, 3.8) is 0 Å². The first-order chi connectivity index (χ1) is 16.5. The van der Waals surface area contributed by atoms with Crippen LogP contribution in [0.4, 0.5) is 0 Å². The van der Waals surface area contributed by atoms with Gasteiger partial charge in [-0.15, -0.1) is 0 Å². The lowest BCUT2D eigenvalue weighted by Crippen LogP contribution is -2.37. The minimum absolute atomic E-state index is 0.0591. The van der Waals surface area contributed by atoms with E-state index < -0.39 is 17.7 Å². The van der Waals surface area contributed by atoms with Crippen molar-refractivity contribution in [1.82, 2.24) is 9.80 Å². The number of Topliss-reactive ketones (excluding diaryl/α,β-unsaturated/α-hetero) is 1. The number of ether oxygens (including phenoxy) is 3. The molecule has 2 saturated heterocycles. The Labute approximate surface area is 199 Å². The van der Waals surface area contributed by atoms with Crippen LogP contribution >= 0.6 is 0 Å². The molecule has 8 heteroatoms. The summed E-state index contributed by atoms with van der Waals surface area (Å²) in [7, 11) is 4.63. The van der Waals surface area contributed by atoms with E-state index in [1.807, 2.05) is 0 Å². The smallest absolute Gasteiger partial charge is 0.295 e. The van der Waals surface area contributed by atoms with Gasteiger partial charge in [-0.2, -0.15) is 0 Å². The minimum atomic E-state index is -0.746. The van der Waals surface area contributed by atoms with Gasteiger partial charge < -0.3 is 29.1 Å². The number of aliphatic hydroxyl groups is 1. The fraction of sp³-hybridized carbons (Fsp3) is 0.385. The van der Waals surface area contributed by atoms with E-state index in [1.54, 1.807) is 61.6 Å². The summed E-state index contributed by atoms with van der Waals surface area (Å²) >= 11 is 0. The lowest BCUT2D eigenvalue weighted by atomic mass is 9.95. The van der Waals surface area contributed by atoms with Crippen LogP contribution in [0.3, 0.4) is 0 Å². The number of rotatable bonds is 8. The molecule has 1 amide bonds. The van der Waals surface area contributed by atoms with Crippen LogP contribution in [0.25, 0.3) is 5.76 Å². The van der Waals surface area contributed by atoms with Gasteiger partial charge in [0, 0.05) is 18.7 Å². The Bertz CT molecular complexity index is 1090. The lowest BCUT2D eigenvalue weighted by Gasteiger charge is -2.27. The summed E-state index contributed by atoms with van der Waals surface area (Å²) < 4.78 is 16.0. The molecule has 8 nitrogen and oxygen atoms in total. The summed E-state index contributed by atoms with van der Waals surface area (Å²) in [6, 6.07) is 11.3. The number of nitrogens with zero attached hydrogens (tertiary/aromatic N) is 2. The van der Waals surface area contributed by atoms with Gasteiger partial charge in [-0.1, -0.05) is 6.07 Å². The van der Waals surface area contributed by atoms with E-state index in [-0.39, 0.29) is 11.3 Å². The average molecular weight is 467 g/mol. The zero-order valence-electron chi connectivity index (χ0n) is 19.7. The van der Waals surface area contributed by atoms with Gasteiger partial charge in [-0.05, 0) is 67.9 Å². The highest BCUT2D eigenvalue weighted by Gasteiger charge is 2.46. The number of carbonyl (C=O) groups is 2. The quantitative estimate of drug-likeness (QED) is 0.363. The molecule has 1 unspecified atom stereocenters. The fourth-order valence-corrected chi connectivity index (χ4v) is 4.64. The number of ketones is 1. The number of carbonyl (C=O) groups excluding carboxylic acids is 2. The Morgan fingerprint density at radius 3 is 2.21 bits per heavy atom. The van der Waals surface area contributed by atoms with Crippen molar-refractivity contribution in [2.75, 3.05) is 47.5 Å². The zero-order valence-corrected chi connectivity index (χ0v) is 19.7. The Balaban J connectivity index is 1.79. The molecule has 2 aromatic carbocycles. The third kappa shape index (κ3) is 4.46. The van der Waals surface area contributed by atoms with Gasteiger partial charge in [0.25, 0.3) is 11.7 Å². The predicted molar refractivity (Wildman–Crippen MR) is 127 cm³/mol. The maximum Gasteiger partial charge on any atom is 0.295 e. The molecular formula is C26H30N2O6. The molecule has 4 rings (SSSR count). The summed E-state index contributed by atoms with van der Waals surface area (Å²) in [6.45, 7) is 3.01. The third-order valence-corrected chi connectivity index (χ3v) is 6.48. The Morgan fingerprint density at radius 2 is 1.59 bits per heavy atom. The highest BCUT2D eigenvalue weighted by molar-refractivity contribution is 6.46. The van der Waals surface area contributed by atoms with Crippen molar-refractivity contribution in [1.29, 1.82) is 0 Å². The molecule has 2 fully saturated rings. The van der Waals surface area contributed by atoms with Gasteiger partial charge in [0.05, 0.1) is 32.9 Å². The van der Waals surface area contributed by atoms with Crippen LogP contribution in [0, 0.1) is 0 Å². The van der Waals surface area contributed by atoms with E-state index in [1.165, 1.54) is 7.11 Å². The van der Waals surface area contributed by atoms with Crippen LogP contribution in [0.15, 0.2) is 48.0 Å². The lowest BCUT2D eigenvalue weighted by molar-refractivity contribution is -0.140. The number of aliphatic hydroxyl groups excluding tert-OH is 1. The Hall–Kier alpha value is -3.52. The number of hydrogen-bond donors (Lipinski definition) is 1. The molecule has 0 bridgehead atoms. The largest absolute Gasteiger partial charge is 0.507 e. The van der Waals surface area contributed by atoms with Gasteiger partial charge in [-0.25, -0.2) is 0 Å². The predicted octanol–water partition coefficient (Wildman–Crippen LogP) is 3.23. The number of hydrogen-bond acceptors (Lipinski definition) is 7. The molecule has 2 heterocycles. The van der Waals surface area contributed by atoms with Crippen LogP contribution < -0.4 is 14.2 Å². The van der Waals surface area contributed by atoms with Crippen molar-refractivity contribution >= 4 is 17.4 Å². The maximum atomic E-state index is 13.2. The van der Waals surface area contributed by atoms with Crippen molar-refractivity contribution in [2.24, 2.45) is 0 Å². The highest BCUT2D eigenvalue weighted by Crippen LogP contribution is 2.42. The molecule has 2 aromatic rings. The summed E-state index contributed by atoms with van der Waals surface area (Å²) in [5.74, 6) is 0.108. The molecule has 180 valence electrons. The molecule has 2 aliphatic rings. The van der Waals surface area contributed by atoms with Gasteiger partial charge >= 0.3 is 0 Å². The van der Waals surface area contributed by atoms with Crippen molar-refractivity contribution < 1.29 is 28.9 Å². The van der Waals surface area contributed by atoms with Crippen molar-refractivity contribution in [3.05, 3.63) is 59.2 Å². The molecule has 0 spiro atoms. The highest BCUT2D eigenvalue weighted by atomic mass is 16.5. The normalized spacial score (nSPS) is 20.1. The SMILES string of the molecule is COc1ccc(/C(O)=C2\C(=O)C(=O)N(CCN3CCCC3)C2c2ccc(OC)c(OC)c2)cc1. The molecule has 1 atom stereocenters. The summed E-state index contributed by atoms with van der Waals surface area (Å²) in [5, 5.41) is 11.2. The van der Waals surface area contributed by atoms with Crippen LogP contribution in [0.5, 0.6) is 17.2 Å². The summed E-state index contributed by atoms with van der Waals surface area (Å²) in [4.78, 5) is 30.2. The van der Waals surface area contributed by atoms with Crippen LogP contribution in [0.1, 0.15) is 30.0 Å². The monoisotopic (exact) mass is 466 g/mol. The fourth-order valence-electron chi connectivity index (χ4n) is 4.64. The van der Waals surface area contributed by atoms with Crippen LogP contribution in [-0.2, 0) is 9.59 Å². The second kappa shape index (κ2) is 10.2. The topological polar surface area (TPSA) is 88.5 Å². The van der Waals surface area contributed by atoms with Crippen molar-refractivity contribution in [2.45, 2.75) is 18.9 Å². The first-order valence-corrected chi connectivity index (χ1v) is 11.4. The Kier molecular flexibility index (Phi) is 7.07. The molecule has 0 saturated carbocycles. The molecule has 0 aromatic heterocycles. The first kappa shape index (κ1) is 23.6. The molecule has 1 N–H and O–H groups in total. The van der Waals surface area contributed by atoms with E-state index in [9.17, 15) is 14.7 Å². The number of amides is 1.